The Morgan fingerprint density at radius 2 is 2.16 bits per heavy atom. The fraction of sp³-hybridized carbons (Fsp3) is 0.529. The van der Waals surface area contributed by atoms with Crippen molar-refractivity contribution in [1.82, 2.24) is 5.32 Å². The number of nitrogens with zero attached hydrogens (tertiary/aromatic N) is 1. The molecule has 8 heteroatoms. The quantitative estimate of drug-likeness (QED) is 0.720. The predicted octanol–water partition coefficient (Wildman–Crippen LogP) is 2.48. The van der Waals surface area contributed by atoms with Gasteiger partial charge in [0.2, 0.25) is 5.91 Å². The van der Waals surface area contributed by atoms with Crippen molar-refractivity contribution in [3.63, 3.8) is 0 Å². The minimum atomic E-state index is -0.483. The molecule has 0 saturated carbocycles. The number of nitrogens with two attached hydrogens (primary N) is 1. The smallest absolute Gasteiger partial charge is 0.265 e. The molecule has 1 aromatic carbocycles. The highest BCUT2D eigenvalue weighted by Gasteiger charge is 2.30. The number of hydrogen-bond donors (Lipinski definition) is 2. The van der Waals surface area contributed by atoms with E-state index >= 15 is 0 Å². The number of hydrogen-bond acceptors (Lipinski definition) is 4. The fourth-order valence-corrected chi connectivity index (χ4v) is 3.30. The highest BCUT2D eigenvalue weighted by molar-refractivity contribution is 9.10. The summed E-state index contributed by atoms with van der Waals surface area (Å²) < 4.78 is 6.28. The summed E-state index contributed by atoms with van der Waals surface area (Å²) in [4.78, 5) is 26.1. The van der Waals surface area contributed by atoms with Crippen LogP contribution < -0.4 is 20.7 Å². The first-order valence-corrected chi connectivity index (χ1v) is 8.77. The Balaban J connectivity index is 0.00000312. The Morgan fingerprint density at radius 3 is 2.76 bits per heavy atom. The minimum Gasteiger partial charge on any atom is -0.482 e. The summed E-state index contributed by atoms with van der Waals surface area (Å²) in [5.74, 6) is 0.522. The number of nitrogens with one attached hydrogen (secondary N) is 1. The zero-order chi connectivity index (χ0) is 17.9. The zero-order valence-corrected chi connectivity index (χ0v) is 17.1. The maximum atomic E-state index is 12.5. The SMILES string of the molecule is CC(C)CC(C)(CN)NC(=O)CN1C(=O)COc2cc(Br)ccc21.Cl. The topological polar surface area (TPSA) is 84.7 Å². The molecule has 0 spiro atoms. The van der Waals surface area contributed by atoms with Gasteiger partial charge < -0.3 is 15.8 Å². The van der Waals surface area contributed by atoms with Gasteiger partial charge in [-0.05, 0) is 37.5 Å². The largest absolute Gasteiger partial charge is 0.482 e. The second-order valence-electron chi connectivity index (χ2n) is 6.79. The average Bonchev–Trinajstić information content (AvgIpc) is 2.49. The van der Waals surface area contributed by atoms with Gasteiger partial charge in [0.25, 0.3) is 5.91 Å². The molecule has 0 aliphatic carbocycles. The Morgan fingerprint density at radius 1 is 1.48 bits per heavy atom. The van der Waals surface area contributed by atoms with E-state index in [1.165, 1.54) is 4.90 Å². The number of amides is 2. The number of fused-ring (bicyclic) bond motifs is 1. The Hall–Kier alpha value is -1.31. The third-order valence-corrected chi connectivity index (χ3v) is 4.41. The molecule has 1 atom stereocenters. The van der Waals surface area contributed by atoms with Crippen LogP contribution in [0.2, 0.25) is 0 Å². The summed E-state index contributed by atoms with van der Waals surface area (Å²) in [7, 11) is 0. The van der Waals surface area contributed by atoms with Gasteiger partial charge in [0.1, 0.15) is 12.3 Å². The van der Waals surface area contributed by atoms with Crippen LogP contribution in [0.1, 0.15) is 27.2 Å². The molecule has 1 aromatic rings. The standard InChI is InChI=1S/C17H24BrN3O3.ClH/c1-11(2)7-17(3,10-19)20-15(22)8-21-13-5-4-12(18)6-14(13)24-9-16(21)23;/h4-6,11H,7-10,19H2,1-3H3,(H,20,22);1H. The van der Waals surface area contributed by atoms with Crippen LogP contribution in [-0.2, 0) is 9.59 Å². The molecule has 25 heavy (non-hydrogen) atoms. The fourth-order valence-electron chi connectivity index (χ4n) is 2.96. The van der Waals surface area contributed by atoms with Crippen molar-refractivity contribution in [2.24, 2.45) is 11.7 Å². The van der Waals surface area contributed by atoms with E-state index < -0.39 is 5.54 Å². The molecule has 0 radical (unpaired) electrons. The summed E-state index contributed by atoms with van der Waals surface area (Å²) in [6, 6.07) is 5.36. The molecular weight excluding hydrogens is 410 g/mol. The van der Waals surface area contributed by atoms with E-state index in [1.54, 1.807) is 12.1 Å². The van der Waals surface area contributed by atoms with Crippen LogP contribution >= 0.6 is 28.3 Å². The highest BCUT2D eigenvalue weighted by atomic mass is 79.9. The maximum Gasteiger partial charge on any atom is 0.265 e. The van der Waals surface area contributed by atoms with Gasteiger partial charge in [-0.2, -0.15) is 0 Å². The lowest BCUT2D eigenvalue weighted by Crippen LogP contribution is -2.55. The molecule has 2 amide bonds. The van der Waals surface area contributed by atoms with Gasteiger partial charge in [0.05, 0.1) is 5.69 Å². The molecule has 6 nitrogen and oxygen atoms in total. The van der Waals surface area contributed by atoms with Crippen molar-refractivity contribution in [1.29, 1.82) is 0 Å². The molecule has 0 saturated heterocycles. The van der Waals surface area contributed by atoms with E-state index in [2.05, 4.69) is 35.1 Å². The molecule has 1 aliphatic heterocycles. The van der Waals surface area contributed by atoms with Gasteiger partial charge in [-0.3, -0.25) is 14.5 Å². The van der Waals surface area contributed by atoms with Crippen LogP contribution in [0.4, 0.5) is 5.69 Å². The summed E-state index contributed by atoms with van der Waals surface area (Å²) >= 11 is 3.37. The number of carbonyl (C=O) groups is 2. The van der Waals surface area contributed by atoms with Crippen LogP contribution in [0.25, 0.3) is 0 Å². The first kappa shape index (κ1) is 21.7. The van der Waals surface area contributed by atoms with Gasteiger partial charge in [-0.25, -0.2) is 0 Å². The van der Waals surface area contributed by atoms with Crippen molar-refractivity contribution in [3.8, 4) is 5.75 Å². The normalized spacial score (nSPS) is 15.8. The molecule has 0 bridgehead atoms. The van der Waals surface area contributed by atoms with Crippen LogP contribution in [0.3, 0.4) is 0 Å². The second-order valence-corrected chi connectivity index (χ2v) is 7.71. The Bertz CT molecular complexity index is 642. The number of anilines is 1. The summed E-state index contributed by atoms with van der Waals surface area (Å²) in [5, 5.41) is 2.98. The Kier molecular flexibility index (Phi) is 7.71. The van der Waals surface area contributed by atoms with Gasteiger partial charge in [-0.15, -0.1) is 12.4 Å². The molecule has 1 heterocycles. The number of carbonyl (C=O) groups excluding carboxylic acids is 2. The molecule has 140 valence electrons. The van der Waals surface area contributed by atoms with E-state index in [1.807, 2.05) is 13.0 Å². The molecular formula is C17H25BrClN3O3. The number of benzene rings is 1. The Labute approximate surface area is 163 Å². The van der Waals surface area contributed by atoms with Crippen molar-refractivity contribution in [2.75, 3.05) is 24.6 Å². The van der Waals surface area contributed by atoms with Crippen LogP contribution in [0.15, 0.2) is 22.7 Å². The zero-order valence-electron chi connectivity index (χ0n) is 14.7. The number of rotatable bonds is 6. The lowest BCUT2D eigenvalue weighted by atomic mass is 9.90. The van der Waals surface area contributed by atoms with Crippen LogP contribution in [0, 0.1) is 5.92 Å². The van der Waals surface area contributed by atoms with Gasteiger partial charge >= 0.3 is 0 Å². The van der Waals surface area contributed by atoms with Crippen LogP contribution in [0.5, 0.6) is 5.75 Å². The van der Waals surface area contributed by atoms with E-state index in [9.17, 15) is 9.59 Å². The third kappa shape index (κ3) is 5.59. The first-order chi connectivity index (χ1) is 11.2. The van der Waals surface area contributed by atoms with Crippen molar-refractivity contribution in [3.05, 3.63) is 22.7 Å². The molecule has 0 fully saturated rings. The van der Waals surface area contributed by atoms with Crippen LogP contribution in [-0.4, -0.2) is 37.0 Å². The minimum absolute atomic E-state index is 0. The highest BCUT2D eigenvalue weighted by Crippen LogP contribution is 2.34. The maximum absolute atomic E-state index is 12.5. The third-order valence-electron chi connectivity index (χ3n) is 3.92. The number of halogens is 2. The van der Waals surface area contributed by atoms with E-state index in [-0.39, 0.29) is 37.4 Å². The van der Waals surface area contributed by atoms with E-state index in [0.717, 1.165) is 10.9 Å². The summed E-state index contributed by atoms with van der Waals surface area (Å²) in [5.41, 5.74) is 5.95. The molecule has 0 aromatic heterocycles. The molecule has 1 aliphatic rings. The van der Waals surface area contributed by atoms with E-state index in [0.29, 0.717) is 23.9 Å². The lowest BCUT2D eigenvalue weighted by molar-refractivity contribution is -0.126. The second kappa shape index (κ2) is 8.87. The lowest BCUT2D eigenvalue weighted by Gasteiger charge is -2.33. The summed E-state index contributed by atoms with van der Waals surface area (Å²) in [6.45, 7) is 6.31. The van der Waals surface area contributed by atoms with Crippen molar-refractivity contribution < 1.29 is 14.3 Å². The first-order valence-electron chi connectivity index (χ1n) is 7.98. The monoisotopic (exact) mass is 433 g/mol. The molecule has 1 unspecified atom stereocenters. The molecule has 2 rings (SSSR count). The predicted molar refractivity (Wildman–Crippen MR) is 104 cm³/mol. The van der Waals surface area contributed by atoms with Crippen molar-refractivity contribution >= 4 is 45.8 Å². The van der Waals surface area contributed by atoms with E-state index in [4.69, 9.17) is 10.5 Å². The van der Waals surface area contributed by atoms with Gasteiger partial charge in [-0.1, -0.05) is 29.8 Å². The van der Waals surface area contributed by atoms with Gasteiger partial charge in [0.15, 0.2) is 6.61 Å². The average molecular weight is 435 g/mol. The van der Waals surface area contributed by atoms with Gasteiger partial charge in [0, 0.05) is 16.6 Å². The van der Waals surface area contributed by atoms with Crippen molar-refractivity contribution in [2.45, 2.75) is 32.7 Å². The molecule has 3 N–H and O–H groups in total. The number of ether oxygens (including phenoxy) is 1. The summed E-state index contributed by atoms with van der Waals surface area (Å²) in [6.07, 6.45) is 0.774.